The zero-order valence-corrected chi connectivity index (χ0v) is 15.3. The zero-order chi connectivity index (χ0) is 18.5. The molecule has 0 spiro atoms. The quantitative estimate of drug-likeness (QED) is 0.498. The lowest BCUT2D eigenvalue weighted by molar-refractivity contribution is 0.460. The highest BCUT2D eigenvalue weighted by Crippen LogP contribution is 2.24. The second-order valence-corrected chi connectivity index (χ2v) is 6.54. The van der Waals surface area contributed by atoms with Gasteiger partial charge in [0.1, 0.15) is 0 Å². The van der Waals surface area contributed by atoms with Gasteiger partial charge in [0.2, 0.25) is 5.89 Å². The molecule has 27 heavy (non-hydrogen) atoms. The summed E-state index contributed by atoms with van der Waals surface area (Å²) in [4.78, 5) is 8.89. The van der Waals surface area contributed by atoms with Crippen LogP contribution in [0.15, 0.2) is 89.6 Å². The number of hydrogen-bond acceptors (Lipinski definition) is 4. The van der Waals surface area contributed by atoms with Crippen LogP contribution in [0.3, 0.4) is 0 Å². The van der Waals surface area contributed by atoms with Crippen molar-refractivity contribution in [2.45, 2.75) is 12.6 Å². The third-order valence-corrected chi connectivity index (χ3v) is 4.47. The number of pyridine rings is 1. The van der Waals surface area contributed by atoms with Gasteiger partial charge < -0.3 is 4.42 Å². The normalized spacial score (nSPS) is 12.0. The first-order valence-corrected chi connectivity index (χ1v) is 9.07. The van der Waals surface area contributed by atoms with Gasteiger partial charge in [-0.25, -0.2) is 4.98 Å². The lowest BCUT2D eigenvalue weighted by Crippen LogP contribution is -2.23. The first-order valence-electron chi connectivity index (χ1n) is 8.69. The van der Waals surface area contributed by atoms with E-state index >= 15 is 0 Å². The molecule has 2 aromatic heterocycles. The van der Waals surface area contributed by atoms with E-state index in [0.29, 0.717) is 23.2 Å². The van der Waals surface area contributed by atoms with Gasteiger partial charge in [-0.05, 0) is 29.8 Å². The molecule has 1 unspecified atom stereocenters. The second-order valence-electron chi connectivity index (χ2n) is 6.11. The minimum Gasteiger partial charge on any atom is -0.439 e. The van der Waals surface area contributed by atoms with E-state index in [-0.39, 0.29) is 6.04 Å². The zero-order valence-electron chi connectivity index (χ0n) is 14.5. The Morgan fingerprint density at radius 2 is 1.78 bits per heavy atom. The smallest absolute Gasteiger partial charge is 0.208 e. The van der Waals surface area contributed by atoms with E-state index in [1.807, 2.05) is 60.7 Å². The fourth-order valence-corrected chi connectivity index (χ4v) is 3.13. The SMILES string of the molecule is Clc1cccc(-c2cnc(CNC(c3ccccc3)c3ccccn3)o2)c1. The predicted octanol–water partition coefficient (Wildman–Crippen LogP) is 5.27. The molecule has 0 amide bonds. The van der Waals surface area contributed by atoms with Gasteiger partial charge in [-0.2, -0.15) is 0 Å². The van der Waals surface area contributed by atoms with E-state index < -0.39 is 0 Å². The minimum absolute atomic E-state index is 0.0473. The third kappa shape index (κ3) is 4.25. The maximum atomic E-state index is 6.06. The molecule has 0 aliphatic rings. The summed E-state index contributed by atoms with van der Waals surface area (Å²) in [6, 6.07) is 23.6. The maximum absolute atomic E-state index is 6.06. The average Bonchev–Trinajstić information content (AvgIpc) is 3.19. The van der Waals surface area contributed by atoms with Gasteiger partial charge in [0.25, 0.3) is 0 Å². The van der Waals surface area contributed by atoms with Gasteiger partial charge in [-0.3, -0.25) is 10.3 Å². The number of rotatable bonds is 6. The van der Waals surface area contributed by atoms with Crippen molar-refractivity contribution in [3.63, 3.8) is 0 Å². The summed E-state index contributed by atoms with van der Waals surface area (Å²) in [5.41, 5.74) is 2.99. The Labute approximate surface area is 162 Å². The van der Waals surface area contributed by atoms with Crippen LogP contribution in [-0.4, -0.2) is 9.97 Å². The highest BCUT2D eigenvalue weighted by Gasteiger charge is 2.16. The molecular weight excluding hydrogens is 358 g/mol. The van der Waals surface area contributed by atoms with Crippen molar-refractivity contribution in [3.05, 3.63) is 107 Å². The molecule has 134 valence electrons. The third-order valence-electron chi connectivity index (χ3n) is 4.24. The van der Waals surface area contributed by atoms with Crippen LogP contribution in [0.5, 0.6) is 0 Å². The molecule has 2 aromatic carbocycles. The number of nitrogens with one attached hydrogen (secondary N) is 1. The molecule has 4 rings (SSSR count). The molecule has 4 nitrogen and oxygen atoms in total. The fourth-order valence-electron chi connectivity index (χ4n) is 2.94. The second kappa shape index (κ2) is 8.16. The van der Waals surface area contributed by atoms with Gasteiger partial charge in [-0.15, -0.1) is 0 Å². The van der Waals surface area contributed by atoms with Crippen LogP contribution in [-0.2, 0) is 6.54 Å². The fraction of sp³-hybridized carbons (Fsp3) is 0.0909. The van der Waals surface area contributed by atoms with E-state index in [9.17, 15) is 0 Å². The molecular formula is C22H18ClN3O. The lowest BCUT2D eigenvalue weighted by Gasteiger charge is -2.18. The number of nitrogens with zero attached hydrogens (tertiary/aromatic N) is 2. The topological polar surface area (TPSA) is 51.0 Å². The maximum Gasteiger partial charge on any atom is 0.208 e. The molecule has 0 fully saturated rings. The summed E-state index contributed by atoms with van der Waals surface area (Å²) in [5.74, 6) is 1.31. The molecule has 0 saturated heterocycles. The number of oxazole rings is 1. The molecule has 1 atom stereocenters. The van der Waals surface area contributed by atoms with Gasteiger partial charge in [0, 0.05) is 16.8 Å². The first-order chi connectivity index (χ1) is 13.3. The summed E-state index contributed by atoms with van der Waals surface area (Å²) in [5, 5.41) is 4.17. The van der Waals surface area contributed by atoms with Crippen LogP contribution < -0.4 is 5.32 Å². The van der Waals surface area contributed by atoms with E-state index in [1.54, 1.807) is 12.4 Å². The molecule has 1 N–H and O–H groups in total. The van der Waals surface area contributed by atoms with Crippen LogP contribution in [0.4, 0.5) is 0 Å². The Hall–Kier alpha value is -2.95. The largest absolute Gasteiger partial charge is 0.439 e. The van der Waals surface area contributed by atoms with Crippen LogP contribution in [0.1, 0.15) is 23.2 Å². The summed E-state index contributed by atoms with van der Waals surface area (Å²) in [6.07, 6.45) is 3.52. The Morgan fingerprint density at radius 1 is 0.926 bits per heavy atom. The molecule has 2 heterocycles. The molecule has 0 bridgehead atoms. The van der Waals surface area contributed by atoms with Crippen LogP contribution >= 0.6 is 11.6 Å². The summed E-state index contributed by atoms with van der Waals surface area (Å²) in [7, 11) is 0. The highest BCUT2D eigenvalue weighted by molar-refractivity contribution is 6.30. The van der Waals surface area contributed by atoms with Gasteiger partial charge in [0.05, 0.1) is 24.5 Å². The Bertz CT molecular complexity index is 963. The Kier molecular flexibility index (Phi) is 5.28. The van der Waals surface area contributed by atoms with Gasteiger partial charge in [-0.1, -0.05) is 60.1 Å². The van der Waals surface area contributed by atoms with Crippen molar-refractivity contribution in [1.29, 1.82) is 0 Å². The Morgan fingerprint density at radius 3 is 2.56 bits per heavy atom. The lowest BCUT2D eigenvalue weighted by atomic mass is 10.0. The van der Waals surface area contributed by atoms with Crippen molar-refractivity contribution in [3.8, 4) is 11.3 Å². The standard InChI is InChI=1S/C22H18ClN3O/c23-18-10-6-9-17(13-18)20-14-25-21(27-20)15-26-22(16-7-2-1-3-8-16)19-11-4-5-12-24-19/h1-14,22,26H,15H2. The van der Waals surface area contributed by atoms with Crippen molar-refractivity contribution in [2.75, 3.05) is 0 Å². The highest BCUT2D eigenvalue weighted by atomic mass is 35.5. The number of benzene rings is 2. The molecule has 0 aliphatic carbocycles. The molecule has 0 saturated carbocycles. The number of aromatic nitrogens is 2. The molecule has 0 radical (unpaired) electrons. The Balaban J connectivity index is 1.53. The predicted molar refractivity (Wildman–Crippen MR) is 106 cm³/mol. The van der Waals surface area contributed by atoms with E-state index in [1.165, 1.54) is 0 Å². The van der Waals surface area contributed by atoms with Gasteiger partial charge in [0.15, 0.2) is 5.76 Å². The minimum atomic E-state index is -0.0473. The molecule has 5 heteroatoms. The number of hydrogen-bond donors (Lipinski definition) is 1. The van der Waals surface area contributed by atoms with E-state index in [0.717, 1.165) is 16.8 Å². The van der Waals surface area contributed by atoms with Crippen LogP contribution in [0.25, 0.3) is 11.3 Å². The summed E-state index contributed by atoms with van der Waals surface area (Å²) >= 11 is 6.06. The van der Waals surface area contributed by atoms with Crippen molar-refractivity contribution in [2.24, 2.45) is 0 Å². The van der Waals surface area contributed by atoms with E-state index in [4.69, 9.17) is 16.0 Å². The average molecular weight is 376 g/mol. The summed E-state index contributed by atoms with van der Waals surface area (Å²) < 4.78 is 5.89. The van der Waals surface area contributed by atoms with Crippen molar-refractivity contribution < 1.29 is 4.42 Å². The van der Waals surface area contributed by atoms with E-state index in [2.05, 4.69) is 27.4 Å². The number of halogens is 1. The van der Waals surface area contributed by atoms with Crippen LogP contribution in [0.2, 0.25) is 5.02 Å². The van der Waals surface area contributed by atoms with Gasteiger partial charge >= 0.3 is 0 Å². The monoisotopic (exact) mass is 375 g/mol. The molecule has 4 aromatic rings. The van der Waals surface area contributed by atoms with Crippen molar-refractivity contribution in [1.82, 2.24) is 15.3 Å². The first kappa shape index (κ1) is 17.5. The summed E-state index contributed by atoms with van der Waals surface area (Å²) in [6.45, 7) is 0.483. The van der Waals surface area contributed by atoms with Crippen LogP contribution in [0, 0.1) is 0 Å². The molecule has 0 aliphatic heterocycles. The van der Waals surface area contributed by atoms with Crippen molar-refractivity contribution >= 4 is 11.6 Å².